The van der Waals surface area contributed by atoms with Crippen LogP contribution in [0, 0.1) is 0 Å². The van der Waals surface area contributed by atoms with E-state index in [0.717, 1.165) is 0 Å². The fourth-order valence-corrected chi connectivity index (χ4v) is 1.64. The Kier molecular flexibility index (Phi) is 5.81. The van der Waals surface area contributed by atoms with Gasteiger partial charge in [-0.25, -0.2) is 0 Å². The highest BCUT2D eigenvalue weighted by atomic mass is 16.5. The van der Waals surface area contributed by atoms with Crippen molar-refractivity contribution in [2.45, 2.75) is 18.6 Å². The summed E-state index contributed by atoms with van der Waals surface area (Å²) in [6, 6.07) is 4.56. The van der Waals surface area contributed by atoms with E-state index in [2.05, 4.69) is 10.0 Å². The van der Waals surface area contributed by atoms with Gasteiger partial charge in [0.05, 0.1) is 18.8 Å². The molecule has 0 amide bonds. The summed E-state index contributed by atoms with van der Waals surface area (Å²) in [6.07, 6.45) is -1.48. The standard InChI is InChI=1S/C12H15N3O4/c1-19-11-3-2-8(6-9(11)7-16)12(18)10(17)4-5-14-15-13/h2-3,6-7,10,12,17-18H,4-5H2,1H3. The zero-order chi connectivity index (χ0) is 14.3. The van der Waals surface area contributed by atoms with Crippen molar-refractivity contribution in [2.75, 3.05) is 13.7 Å². The number of azide groups is 1. The van der Waals surface area contributed by atoms with Crippen LogP contribution < -0.4 is 4.74 Å². The Morgan fingerprint density at radius 1 is 1.53 bits per heavy atom. The van der Waals surface area contributed by atoms with Gasteiger partial charge in [0.2, 0.25) is 0 Å². The zero-order valence-electron chi connectivity index (χ0n) is 10.4. The molecule has 19 heavy (non-hydrogen) atoms. The van der Waals surface area contributed by atoms with Crippen LogP contribution in [0.15, 0.2) is 23.3 Å². The first-order chi connectivity index (χ1) is 9.13. The van der Waals surface area contributed by atoms with Crippen molar-refractivity contribution in [3.05, 3.63) is 39.8 Å². The number of hydrogen-bond donors (Lipinski definition) is 2. The van der Waals surface area contributed by atoms with E-state index in [0.29, 0.717) is 23.2 Å². The number of ether oxygens (including phenoxy) is 1. The summed E-state index contributed by atoms with van der Waals surface area (Å²) >= 11 is 0. The van der Waals surface area contributed by atoms with Crippen molar-refractivity contribution >= 4 is 6.29 Å². The maximum absolute atomic E-state index is 10.9. The summed E-state index contributed by atoms with van der Waals surface area (Å²) in [6.45, 7) is 0.0887. The number of methoxy groups -OCH3 is 1. The highest BCUT2D eigenvalue weighted by Gasteiger charge is 2.19. The minimum absolute atomic E-state index is 0.0887. The fraction of sp³-hybridized carbons (Fsp3) is 0.417. The molecular formula is C12H15N3O4. The number of carbonyl (C=O) groups excluding carboxylic acids is 1. The summed E-state index contributed by atoms with van der Waals surface area (Å²) in [5, 5.41) is 22.9. The molecule has 102 valence electrons. The Labute approximate surface area is 110 Å². The van der Waals surface area contributed by atoms with Crippen molar-refractivity contribution in [1.82, 2.24) is 0 Å². The third kappa shape index (κ3) is 3.96. The lowest BCUT2D eigenvalue weighted by Gasteiger charge is -2.18. The average molecular weight is 265 g/mol. The van der Waals surface area contributed by atoms with Gasteiger partial charge in [0, 0.05) is 11.5 Å². The summed E-state index contributed by atoms with van der Waals surface area (Å²) in [7, 11) is 1.44. The number of aliphatic hydroxyl groups is 2. The molecule has 0 aliphatic rings. The molecule has 1 rings (SSSR count). The number of aldehydes is 1. The summed E-state index contributed by atoms with van der Waals surface area (Å²) in [5.74, 6) is 0.398. The predicted molar refractivity (Wildman–Crippen MR) is 68.0 cm³/mol. The van der Waals surface area contributed by atoms with Gasteiger partial charge in [-0.2, -0.15) is 0 Å². The van der Waals surface area contributed by atoms with Crippen molar-refractivity contribution in [3.63, 3.8) is 0 Å². The lowest BCUT2D eigenvalue weighted by Crippen LogP contribution is -2.19. The van der Waals surface area contributed by atoms with Crippen LogP contribution in [0.2, 0.25) is 0 Å². The van der Waals surface area contributed by atoms with Crippen LogP contribution in [-0.2, 0) is 0 Å². The Hall–Kier alpha value is -2.08. The minimum atomic E-state index is -1.15. The molecule has 0 aliphatic heterocycles. The van der Waals surface area contributed by atoms with Crippen molar-refractivity contribution in [3.8, 4) is 5.75 Å². The predicted octanol–water partition coefficient (Wildman–Crippen LogP) is 1.60. The summed E-state index contributed by atoms with van der Waals surface area (Å²) in [4.78, 5) is 13.4. The number of aliphatic hydroxyl groups excluding tert-OH is 2. The van der Waals surface area contributed by atoms with Crippen molar-refractivity contribution < 1.29 is 19.7 Å². The van der Waals surface area contributed by atoms with Gasteiger partial charge < -0.3 is 14.9 Å². The molecule has 7 heteroatoms. The molecule has 0 bridgehead atoms. The number of carbonyl (C=O) groups is 1. The Morgan fingerprint density at radius 2 is 2.26 bits per heavy atom. The Balaban J connectivity index is 2.83. The monoisotopic (exact) mass is 265 g/mol. The van der Waals surface area contributed by atoms with Crippen LogP contribution in [0.5, 0.6) is 5.75 Å². The molecule has 1 aromatic carbocycles. The summed E-state index contributed by atoms with van der Waals surface area (Å²) < 4.78 is 4.98. The Morgan fingerprint density at radius 3 is 2.84 bits per heavy atom. The first-order valence-electron chi connectivity index (χ1n) is 5.64. The van der Waals surface area contributed by atoms with Gasteiger partial charge in [-0.05, 0) is 29.6 Å². The van der Waals surface area contributed by atoms with E-state index >= 15 is 0 Å². The van der Waals surface area contributed by atoms with E-state index in [1.165, 1.54) is 13.2 Å². The largest absolute Gasteiger partial charge is 0.496 e. The molecule has 2 atom stereocenters. The maximum Gasteiger partial charge on any atom is 0.153 e. The van der Waals surface area contributed by atoms with E-state index < -0.39 is 12.2 Å². The molecule has 0 spiro atoms. The molecule has 0 fully saturated rings. The van der Waals surface area contributed by atoms with Gasteiger partial charge in [0.25, 0.3) is 0 Å². The summed E-state index contributed by atoms with van der Waals surface area (Å²) in [5.41, 5.74) is 8.81. The highest BCUT2D eigenvalue weighted by molar-refractivity contribution is 5.79. The van der Waals surface area contributed by atoms with Crippen LogP contribution in [0.25, 0.3) is 10.4 Å². The lowest BCUT2D eigenvalue weighted by atomic mass is 10.00. The fourth-order valence-electron chi connectivity index (χ4n) is 1.64. The van der Waals surface area contributed by atoms with Crippen molar-refractivity contribution in [1.29, 1.82) is 0 Å². The second kappa shape index (κ2) is 7.38. The quantitative estimate of drug-likeness (QED) is 0.337. The molecule has 0 heterocycles. The lowest BCUT2D eigenvalue weighted by molar-refractivity contribution is 0.0150. The number of benzene rings is 1. The second-order valence-corrected chi connectivity index (χ2v) is 3.87. The number of rotatable bonds is 7. The van der Waals surface area contributed by atoms with Gasteiger partial charge in [0.1, 0.15) is 11.9 Å². The number of hydrogen-bond acceptors (Lipinski definition) is 5. The maximum atomic E-state index is 10.9. The molecule has 2 unspecified atom stereocenters. The van der Waals surface area contributed by atoms with Gasteiger partial charge in [0.15, 0.2) is 6.29 Å². The molecule has 0 radical (unpaired) electrons. The van der Waals surface area contributed by atoms with Crippen LogP contribution >= 0.6 is 0 Å². The smallest absolute Gasteiger partial charge is 0.153 e. The molecule has 0 aromatic heterocycles. The molecule has 2 N–H and O–H groups in total. The van der Waals surface area contributed by atoms with Crippen LogP contribution in [0.1, 0.15) is 28.4 Å². The van der Waals surface area contributed by atoms with Gasteiger partial charge in [-0.3, -0.25) is 4.79 Å². The van der Waals surface area contributed by atoms with Crippen molar-refractivity contribution in [2.24, 2.45) is 5.11 Å². The van der Waals surface area contributed by atoms with E-state index in [4.69, 9.17) is 10.3 Å². The average Bonchev–Trinajstić information content (AvgIpc) is 2.45. The second-order valence-electron chi connectivity index (χ2n) is 3.87. The zero-order valence-corrected chi connectivity index (χ0v) is 10.4. The van der Waals surface area contributed by atoms with Gasteiger partial charge in [-0.15, -0.1) is 0 Å². The molecule has 0 saturated heterocycles. The third-order valence-electron chi connectivity index (χ3n) is 2.67. The van der Waals surface area contributed by atoms with Gasteiger partial charge >= 0.3 is 0 Å². The first kappa shape index (κ1) is 15.0. The van der Waals surface area contributed by atoms with Crippen LogP contribution in [0.3, 0.4) is 0 Å². The topological polar surface area (TPSA) is 116 Å². The van der Waals surface area contributed by atoms with E-state index in [1.54, 1.807) is 12.1 Å². The molecule has 0 aliphatic carbocycles. The highest BCUT2D eigenvalue weighted by Crippen LogP contribution is 2.24. The van der Waals surface area contributed by atoms with E-state index in [-0.39, 0.29) is 13.0 Å². The normalized spacial score (nSPS) is 13.2. The SMILES string of the molecule is COc1ccc(C(O)C(O)CCN=[N+]=[N-])cc1C=O. The molecule has 7 nitrogen and oxygen atoms in total. The number of nitrogens with zero attached hydrogens (tertiary/aromatic N) is 3. The van der Waals surface area contributed by atoms with Crippen LogP contribution in [-0.4, -0.2) is 36.3 Å². The third-order valence-corrected chi connectivity index (χ3v) is 2.67. The van der Waals surface area contributed by atoms with E-state index in [1.807, 2.05) is 0 Å². The van der Waals surface area contributed by atoms with Crippen LogP contribution in [0.4, 0.5) is 0 Å². The Bertz CT molecular complexity index is 486. The molecule has 1 aromatic rings. The first-order valence-corrected chi connectivity index (χ1v) is 5.64. The van der Waals surface area contributed by atoms with E-state index in [9.17, 15) is 15.0 Å². The minimum Gasteiger partial charge on any atom is -0.496 e. The molecule has 0 saturated carbocycles. The van der Waals surface area contributed by atoms with Gasteiger partial charge in [-0.1, -0.05) is 11.2 Å². The molecular weight excluding hydrogens is 250 g/mol.